The highest BCUT2D eigenvalue weighted by molar-refractivity contribution is 6.30. The molecule has 0 aliphatic heterocycles. The molecule has 2 heterocycles. The van der Waals surface area contributed by atoms with Crippen LogP contribution in [0.1, 0.15) is 20.6 Å². The first-order valence-electron chi connectivity index (χ1n) is 22.0. The zero-order chi connectivity index (χ0) is 43.2. The fraction of sp³-hybridized carbons (Fsp3) is 0. The summed E-state index contributed by atoms with van der Waals surface area (Å²) in [6.07, 6.45) is 0. The Morgan fingerprint density at radius 1 is 0.391 bits per heavy atom. The fourth-order valence-electron chi connectivity index (χ4n) is 6.47. The Morgan fingerprint density at radius 2 is 1.00 bits per heavy atom. The van der Waals surface area contributed by atoms with Gasteiger partial charge in [0, 0.05) is 32.8 Å². The molecule has 46 heavy (non-hydrogen) atoms. The van der Waals surface area contributed by atoms with E-state index in [9.17, 15) is 8.22 Å². The molecule has 0 radical (unpaired) electrons. The Hall–Kier alpha value is -6.12. The van der Waals surface area contributed by atoms with Gasteiger partial charge >= 0.3 is 0 Å². The van der Waals surface area contributed by atoms with E-state index in [0.29, 0.717) is 38.5 Å². The standard InChI is InChI=1S/C44H26O2/c1-2-13-28(14-3-1)44-43(42-38(46-44)25-24-37-41(42)35-20-10-11-21-36(35)45-37)40-33-18-8-6-16-31(33)39(32-17-7-9-19-34(32)40)30-23-22-27-12-4-5-15-29(27)26-30/h1-26H/i4D,5D,6D,7D,8D,9D,12D,15D,16D,17D,18D,19D,22D,23D,26D. The van der Waals surface area contributed by atoms with Crippen LogP contribution >= 0.6 is 0 Å². The van der Waals surface area contributed by atoms with E-state index in [0.717, 1.165) is 0 Å². The summed E-state index contributed by atoms with van der Waals surface area (Å²) in [5.41, 5.74) is 1.03. The van der Waals surface area contributed by atoms with Crippen molar-refractivity contribution >= 4 is 65.2 Å². The molecule has 0 aliphatic rings. The third-order valence-corrected chi connectivity index (χ3v) is 8.36. The van der Waals surface area contributed by atoms with E-state index in [1.165, 1.54) is 0 Å². The summed E-state index contributed by atoms with van der Waals surface area (Å²) in [5.74, 6) is 0.195. The Kier molecular flexibility index (Phi) is 3.11. The molecule has 0 N–H and O–H groups in total. The highest BCUT2D eigenvalue weighted by Gasteiger charge is 2.26. The average molecular weight is 602 g/mol. The van der Waals surface area contributed by atoms with Crippen molar-refractivity contribution in [3.63, 3.8) is 0 Å². The van der Waals surface area contributed by atoms with E-state index in [2.05, 4.69) is 0 Å². The third kappa shape index (κ3) is 3.59. The van der Waals surface area contributed by atoms with Crippen LogP contribution in [0, 0.1) is 0 Å². The smallest absolute Gasteiger partial charge is 0.143 e. The first-order chi connectivity index (χ1) is 29.1. The van der Waals surface area contributed by atoms with Gasteiger partial charge in [-0.15, -0.1) is 0 Å². The van der Waals surface area contributed by atoms with Crippen molar-refractivity contribution in [3.05, 3.63) is 157 Å². The lowest BCUT2D eigenvalue weighted by Gasteiger charge is -2.18. The van der Waals surface area contributed by atoms with Gasteiger partial charge in [0.15, 0.2) is 0 Å². The zero-order valence-corrected chi connectivity index (χ0v) is 23.7. The lowest BCUT2D eigenvalue weighted by molar-refractivity contribution is 0.632. The number of fused-ring (bicyclic) bond motifs is 8. The SMILES string of the molecule is [2H]c1c([2H])c([2H])c2c([2H])c(-c3c4c([2H])c([2H])c([2H])c([2H])c4c(-c4c(-c5ccccc5)oc5ccc6oc7ccccc7c6c45)c4c([2H])c([2H])c([2H])c([2H])c34)c([2H])c([2H])c2c1[2H]. The lowest BCUT2D eigenvalue weighted by atomic mass is 9.84. The van der Waals surface area contributed by atoms with Gasteiger partial charge in [-0.25, -0.2) is 0 Å². The van der Waals surface area contributed by atoms with Crippen molar-refractivity contribution in [3.8, 4) is 33.6 Å². The van der Waals surface area contributed by atoms with Gasteiger partial charge in [-0.1, -0.05) is 133 Å². The highest BCUT2D eigenvalue weighted by atomic mass is 16.3. The van der Waals surface area contributed by atoms with Crippen LogP contribution in [-0.2, 0) is 0 Å². The van der Waals surface area contributed by atoms with Crippen molar-refractivity contribution in [2.24, 2.45) is 0 Å². The molecule has 2 nitrogen and oxygen atoms in total. The molecular formula is C44H26O2. The molecule has 8 aromatic carbocycles. The number of rotatable bonds is 3. The number of hydrogen-bond acceptors (Lipinski definition) is 2. The molecule has 0 fully saturated rings. The van der Waals surface area contributed by atoms with E-state index >= 15 is 0 Å². The second-order valence-corrected chi connectivity index (χ2v) is 10.8. The van der Waals surface area contributed by atoms with Crippen molar-refractivity contribution in [2.75, 3.05) is 0 Å². The fourth-order valence-corrected chi connectivity index (χ4v) is 6.47. The second-order valence-electron chi connectivity index (χ2n) is 10.8. The predicted molar refractivity (Wildman–Crippen MR) is 192 cm³/mol. The van der Waals surface area contributed by atoms with Crippen molar-refractivity contribution in [1.82, 2.24) is 0 Å². The Labute approximate surface area is 285 Å². The molecule has 0 unspecified atom stereocenters. The molecule has 10 rings (SSSR count). The van der Waals surface area contributed by atoms with Crippen LogP contribution in [-0.4, -0.2) is 0 Å². The molecular weight excluding hydrogens is 560 g/mol. The van der Waals surface area contributed by atoms with Gasteiger partial charge in [-0.3, -0.25) is 0 Å². The first-order valence-corrected chi connectivity index (χ1v) is 14.5. The van der Waals surface area contributed by atoms with Crippen molar-refractivity contribution in [2.45, 2.75) is 0 Å². The molecule has 10 aromatic rings. The maximum absolute atomic E-state index is 9.60. The van der Waals surface area contributed by atoms with Gasteiger partial charge in [0.1, 0.15) is 22.5 Å². The molecule has 0 saturated heterocycles. The maximum Gasteiger partial charge on any atom is 0.143 e. The number of benzene rings is 8. The topological polar surface area (TPSA) is 26.3 Å². The van der Waals surface area contributed by atoms with Gasteiger partial charge in [-0.05, 0) is 67.7 Å². The summed E-state index contributed by atoms with van der Waals surface area (Å²) in [4.78, 5) is 0. The van der Waals surface area contributed by atoms with Crippen LogP contribution in [0.15, 0.2) is 166 Å². The van der Waals surface area contributed by atoms with Gasteiger partial charge < -0.3 is 8.83 Å². The number of hydrogen-bond donors (Lipinski definition) is 0. The monoisotopic (exact) mass is 601 g/mol. The average Bonchev–Trinajstić information content (AvgIpc) is 3.84. The third-order valence-electron chi connectivity index (χ3n) is 8.36. The molecule has 0 saturated carbocycles. The van der Waals surface area contributed by atoms with Crippen molar-refractivity contribution in [1.29, 1.82) is 0 Å². The summed E-state index contributed by atoms with van der Waals surface area (Å²) < 4.78 is 149. The summed E-state index contributed by atoms with van der Waals surface area (Å²) >= 11 is 0. The first kappa shape index (κ1) is 14.8. The van der Waals surface area contributed by atoms with E-state index in [-0.39, 0.29) is 38.4 Å². The number of furan rings is 2. The second kappa shape index (κ2) is 9.69. The van der Waals surface area contributed by atoms with E-state index in [4.69, 9.17) is 21.2 Å². The van der Waals surface area contributed by atoms with Crippen LogP contribution in [0.25, 0.3) is 98.8 Å². The largest absolute Gasteiger partial charge is 0.456 e. The predicted octanol–water partition coefficient (Wildman–Crippen LogP) is 12.8. The molecule has 0 bridgehead atoms. The molecule has 0 aliphatic carbocycles. The van der Waals surface area contributed by atoms with Crippen LogP contribution in [0.3, 0.4) is 0 Å². The van der Waals surface area contributed by atoms with Crippen LogP contribution in [0.2, 0.25) is 0 Å². The maximum atomic E-state index is 9.60. The van der Waals surface area contributed by atoms with Crippen LogP contribution in [0.4, 0.5) is 0 Å². The highest BCUT2D eigenvalue weighted by Crippen LogP contribution is 2.52. The Bertz CT molecular complexity index is 3570. The Morgan fingerprint density at radius 3 is 1.74 bits per heavy atom. The minimum atomic E-state index is -0.761. The van der Waals surface area contributed by atoms with E-state index in [1.54, 1.807) is 54.6 Å². The minimum absolute atomic E-state index is 0.0602. The molecule has 2 aromatic heterocycles. The Balaban J connectivity index is 1.57. The van der Waals surface area contributed by atoms with Crippen LogP contribution in [0.5, 0.6) is 0 Å². The van der Waals surface area contributed by atoms with Gasteiger partial charge in [0.05, 0.1) is 20.6 Å². The van der Waals surface area contributed by atoms with Gasteiger partial charge in [-0.2, -0.15) is 0 Å². The molecule has 214 valence electrons. The molecule has 0 spiro atoms. The quantitative estimate of drug-likeness (QED) is 0.188. The summed E-state index contributed by atoms with van der Waals surface area (Å²) in [6.45, 7) is 0. The van der Waals surface area contributed by atoms with Gasteiger partial charge in [0.2, 0.25) is 0 Å². The van der Waals surface area contributed by atoms with Gasteiger partial charge in [0.25, 0.3) is 0 Å². The normalized spacial score (nSPS) is 16.5. The van der Waals surface area contributed by atoms with E-state index < -0.39 is 113 Å². The zero-order valence-electron chi connectivity index (χ0n) is 38.7. The van der Waals surface area contributed by atoms with Crippen molar-refractivity contribution < 1.29 is 29.4 Å². The summed E-state index contributed by atoms with van der Waals surface area (Å²) in [5, 5.41) is -0.426. The summed E-state index contributed by atoms with van der Waals surface area (Å²) in [6, 6.07) is 9.11. The minimum Gasteiger partial charge on any atom is -0.456 e. The van der Waals surface area contributed by atoms with Crippen LogP contribution < -0.4 is 0 Å². The lowest BCUT2D eigenvalue weighted by Crippen LogP contribution is -1.92. The molecule has 0 amide bonds. The summed E-state index contributed by atoms with van der Waals surface area (Å²) in [7, 11) is 0. The number of para-hydroxylation sites is 1. The van der Waals surface area contributed by atoms with E-state index in [1.807, 2.05) is 12.1 Å². The molecule has 2 heteroatoms. The molecule has 0 atom stereocenters.